The van der Waals surface area contributed by atoms with Crippen molar-refractivity contribution in [2.24, 2.45) is 0 Å². The fourth-order valence-corrected chi connectivity index (χ4v) is 6.06. The van der Waals surface area contributed by atoms with Crippen LogP contribution in [0.25, 0.3) is 0 Å². The van der Waals surface area contributed by atoms with Crippen molar-refractivity contribution in [3.05, 3.63) is 54.1 Å². The first-order chi connectivity index (χ1) is 17.4. The van der Waals surface area contributed by atoms with Gasteiger partial charge in [-0.2, -0.15) is 0 Å². The summed E-state index contributed by atoms with van der Waals surface area (Å²) < 4.78 is 34.7. The van der Waals surface area contributed by atoms with E-state index in [1.807, 2.05) is 0 Å². The van der Waals surface area contributed by atoms with E-state index in [1.165, 1.54) is 10.5 Å². The van der Waals surface area contributed by atoms with Crippen molar-refractivity contribution >= 4 is 33.5 Å². The molecule has 0 unspecified atom stereocenters. The summed E-state index contributed by atoms with van der Waals surface area (Å²) in [5.74, 6) is -1.10. The van der Waals surface area contributed by atoms with E-state index in [2.05, 4.69) is 5.32 Å². The minimum atomic E-state index is -4.14. The van der Waals surface area contributed by atoms with E-state index < -0.39 is 27.7 Å². The largest absolute Gasteiger partial charge is 0.481 e. The van der Waals surface area contributed by atoms with E-state index in [0.29, 0.717) is 11.4 Å². The lowest BCUT2D eigenvalue weighted by Gasteiger charge is -2.43. The summed E-state index contributed by atoms with van der Waals surface area (Å²) in [6.07, 6.45) is 3.29. The number of sulfonamides is 1. The van der Waals surface area contributed by atoms with Crippen LogP contribution in [0.15, 0.2) is 53.4 Å². The van der Waals surface area contributed by atoms with Crippen LogP contribution in [-0.4, -0.2) is 48.2 Å². The van der Waals surface area contributed by atoms with Gasteiger partial charge in [0, 0.05) is 12.6 Å². The summed E-state index contributed by atoms with van der Waals surface area (Å²) >= 11 is 0. The zero-order chi connectivity index (χ0) is 27.2. The fourth-order valence-electron chi connectivity index (χ4n) is 4.45. The van der Waals surface area contributed by atoms with Gasteiger partial charge < -0.3 is 9.84 Å². The van der Waals surface area contributed by atoms with Gasteiger partial charge in [-0.25, -0.2) is 13.2 Å². The van der Waals surface area contributed by atoms with Crippen molar-refractivity contribution < 1.29 is 27.9 Å². The Hall–Kier alpha value is -3.11. The molecule has 0 aromatic heterocycles. The molecule has 2 aromatic carbocycles. The number of anilines is 2. The molecule has 3 rings (SSSR count). The maximum atomic E-state index is 14.1. The Kier molecular flexibility index (Phi) is 9.20. The topological polar surface area (TPSA) is 116 Å². The summed E-state index contributed by atoms with van der Waals surface area (Å²) in [4.78, 5) is 24.3. The van der Waals surface area contributed by atoms with Crippen LogP contribution in [0.2, 0.25) is 0 Å². The van der Waals surface area contributed by atoms with Crippen LogP contribution in [0.5, 0.6) is 0 Å². The molecule has 2 N–H and O–H groups in total. The van der Waals surface area contributed by atoms with Gasteiger partial charge in [-0.3, -0.25) is 15.1 Å². The van der Waals surface area contributed by atoms with E-state index in [9.17, 15) is 23.1 Å². The number of para-hydroxylation sites is 2. The van der Waals surface area contributed by atoms with E-state index in [0.717, 1.165) is 37.7 Å². The predicted octanol–water partition coefficient (Wildman–Crippen LogP) is 5.56. The number of carbonyl (C=O) groups is 2. The zero-order valence-corrected chi connectivity index (χ0v) is 22.8. The van der Waals surface area contributed by atoms with Crippen molar-refractivity contribution in [2.45, 2.75) is 82.8 Å². The molecule has 0 atom stereocenters. The molecule has 37 heavy (non-hydrogen) atoms. The van der Waals surface area contributed by atoms with Crippen LogP contribution in [0.4, 0.5) is 16.2 Å². The summed E-state index contributed by atoms with van der Waals surface area (Å²) in [5, 5.41) is 13.9. The molecule has 0 saturated heterocycles. The van der Waals surface area contributed by atoms with Crippen LogP contribution >= 0.6 is 0 Å². The van der Waals surface area contributed by atoms with Crippen LogP contribution in [-0.2, 0) is 19.6 Å². The first-order valence-corrected chi connectivity index (χ1v) is 14.0. The number of hydrogen-bond acceptors (Lipinski definition) is 6. The van der Waals surface area contributed by atoms with Crippen LogP contribution in [0.3, 0.4) is 0 Å². The first-order valence-electron chi connectivity index (χ1n) is 12.6. The second kappa shape index (κ2) is 12.0. The minimum Gasteiger partial charge on any atom is -0.481 e. The lowest BCUT2D eigenvalue weighted by Crippen LogP contribution is -2.53. The molecule has 1 aliphatic carbocycles. The Morgan fingerprint density at radius 3 is 2.35 bits per heavy atom. The molecule has 0 spiro atoms. The van der Waals surface area contributed by atoms with Crippen LogP contribution in [0, 0.1) is 6.92 Å². The molecule has 0 radical (unpaired) electrons. The number of aliphatic carboxylic acids is 1. The Morgan fingerprint density at radius 2 is 1.73 bits per heavy atom. The Balaban J connectivity index is 2.14. The maximum Gasteiger partial charge on any atom is 0.412 e. The highest BCUT2D eigenvalue weighted by molar-refractivity contribution is 7.89. The molecule has 0 aliphatic heterocycles. The number of carboxylic acids is 1. The summed E-state index contributed by atoms with van der Waals surface area (Å²) in [7, 11) is -4.14. The van der Waals surface area contributed by atoms with E-state index in [-0.39, 0.29) is 23.9 Å². The average molecular weight is 532 g/mol. The van der Waals surface area contributed by atoms with Crippen molar-refractivity contribution in [1.29, 1.82) is 0 Å². The molecule has 9 nitrogen and oxygen atoms in total. The summed E-state index contributed by atoms with van der Waals surface area (Å²) in [6.45, 7) is 6.82. The fraction of sp³-hybridized carbons (Fsp3) is 0.481. The molecule has 0 bridgehead atoms. The Bertz CT molecular complexity index is 1200. The molecule has 10 heteroatoms. The molecule has 1 aliphatic rings. The maximum absolute atomic E-state index is 14.1. The van der Waals surface area contributed by atoms with Crippen LogP contribution in [0.1, 0.15) is 64.9 Å². The average Bonchev–Trinajstić information content (AvgIpc) is 2.81. The quantitative estimate of drug-likeness (QED) is 0.407. The minimum absolute atomic E-state index is 0.0799. The molecule has 1 saturated carbocycles. The van der Waals surface area contributed by atoms with Crippen molar-refractivity contribution in [3.63, 3.8) is 0 Å². The van der Waals surface area contributed by atoms with Gasteiger partial charge in [-0.1, -0.05) is 43.5 Å². The normalized spacial score (nSPS) is 14.8. The van der Waals surface area contributed by atoms with Gasteiger partial charge in [0.2, 0.25) is 0 Å². The lowest BCUT2D eigenvalue weighted by molar-refractivity contribution is -0.137. The number of nitrogens with zero attached hydrogens (tertiary/aromatic N) is 2. The highest BCUT2D eigenvalue weighted by atomic mass is 32.2. The third-order valence-electron chi connectivity index (χ3n) is 6.03. The number of nitrogens with one attached hydrogen (secondary N) is 1. The predicted molar refractivity (Wildman–Crippen MR) is 143 cm³/mol. The van der Waals surface area contributed by atoms with Gasteiger partial charge in [-0.15, -0.1) is 4.41 Å². The van der Waals surface area contributed by atoms with Crippen molar-refractivity contribution in [3.8, 4) is 0 Å². The van der Waals surface area contributed by atoms with Crippen molar-refractivity contribution in [2.75, 3.05) is 16.9 Å². The van der Waals surface area contributed by atoms with Gasteiger partial charge in [0.25, 0.3) is 10.0 Å². The number of benzene rings is 2. The highest BCUT2D eigenvalue weighted by Crippen LogP contribution is 2.36. The Labute approximate surface area is 219 Å². The molecule has 0 heterocycles. The monoisotopic (exact) mass is 531 g/mol. The third kappa shape index (κ3) is 7.69. The number of carboxylic acid groups (broad SMARTS) is 1. The van der Waals surface area contributed by atoms with Gasteiger partial charge in [0.1, 0.15) is 5.60 Å². The smallest absolute Gasteiger partial charge is 0.412 e. The number of amides is 1. The molecule has 1 fully saturated rings. The first kappa shape index (κ1) is 28.5. The van der Waals surface area contributed by atoms with Gasteiger partial charge >= 0.3 is 12.1 Å². The second-order valence-corrected chi connectivity index (χ2v) is 12.1. The number of hydrogen-bond donors (Lipinski definition) is 2. The second-order valence-electron chi connectivity index (χ2n) is 10.3. The summed E-state index contributed by atoms with van der Waals surface area (Å²) in [6, 6.07) is 13.3. The number of aryl methyl sites for hydroxylation is 1. The molecule has 1 amide bonds. The number of carbonyl (C=O) groups excluding carboxylic acids is 1. The standard InChI is InChI=1S/C27H37N3O6S/c1-20-11-10-14-22(19-20)37(34,35)29(18-17-25(31)32)30(21-12-6-5-7-13-21)24-16-9-8-15-23(24)28-26(33)36-27(2,3)4/h8-11,14-16,19,21H,5-7,12-13,17-18H2,1-4H3,(H,28,33)(H,31,32). The van der Waals surface area contributed by atoms with E-state index in [4.69, 9.17) is 4.74 Å². The number of hydrazine groups is 1. The number of rotatable bonds is 9. The molecular weight excluding hydrogens is 494 g/mol. The van der Waals surface area contributed by atoms with Gasteiger partial charge in [0.05, 0.1) is 22.7 Å². The highest BCUT2D eigenvalue weighted by Gasteiger charge is 2.37. The third-order valence-corrected chi connectivity index (χ3v) is 7.79. The van der Waals surface area contributed by atoms with E-state index >= 15 is 0 Å². The zero-order valence-electron chi connectivity index (χ0n) is 21.9. The summed E-state index contributed by atoms with van der Waals surface area (Å²) in [5.41, 5.74) is 0.892. The van der Waals surface area contributed by atoms with E-state index in [1.54, 1.807) is 75.2 Å². The Morgan fingerprint density at radius 1 is 1.05 bits per heavy atom. The molecule has 202 valence electrons. The molecule has 2 aromatic rings. The van der Waals surface area contributed by atoms with Crippen LogP contribution < -0.4 is 10.3 Å². The SMILES string of the molecule is Cc1cccc(S(=O)(=O)N(CCC(=O)O)N(c2ccccc2NC(=O)OC(C)(C)C)C2CCCCC2)c1. The number of ether oxygens (including phenoxy) is 1. The molecular formula is C27H37N3O6S. The van der Waals surface area contributed by atoms with Gasteiger partial charge in [-0.05, 0) is 70.4 Å². The van der Waals surface area contributed by atoms with Crippen molar-refractivity contribution in [1.82, 2.24) is 4.41 Å². The van der Waals surface area contributed by atoms with Gasteiger partial charge in [0.15, 0.2) is 0 Å². The lowest BCUT2D eigenvalue weighted by atomic mass is 9.94.